The van der Waals surface area contributed by atoms with E-state index in [2.05, 4.69) is 18.5 Å². The van der Waals surface area contributed by atoms with Crippen molar-refractivity contribution in [1.29, 1.82) is 0 Å². The molecule has 0 aliphatic heterocycles. The highest BCUT2D eigenvalue weighted by molar-refractivity contribution is 7.98. The second-order valence-corrected chi connectivity index (χ2v) is 5.01. The normalized spacial score (nSPS) is 12.7. The van der Waals surface area contributed by atoms with E-state index in [-0.39, 0.29) is 5.75 Å². The lowest BCUT2D eigenvalue weighted by molar-refractivity contribution is 0.458. The number of nitrogens with one attached hydrogen (secondary N) is 1. The summed E-state index contributed by atoms with van der Waals surface area (Å²) in [4.78, 5) is 0. The van der Waals surface area contributed by atoms with Crippen molar-refractivity contribution < 1.29 is 5.11 Å². The molecule has 0 radical (unpaired) electrons. The lowest BCUT2D eigenvalue weighted by atomic mass is 10.2. The molecule has 1 atom stereocenters. The van der Waals surface area contributed by atoms with Crippen molar-refractivity contribution >= 4 is 23.4 Å². The molecule has 1 aromatic rings. The molecule has 16 heavy (non-hydrogen) atoms. The average molecular weight is 260 g/mol. The standard InChI is InChI=1S/C12H18ClNOS/c1-3-10(8-16-2)14-7-9-5-4-6-11(13)12(9)15/h4-6,10,14-15H,3,7-8H2,1-2H3. The molecule has 0 aromatic heterocycles. The van der Waals surface area contributed by atoms with Gasteiger partial charge in [-0.3, -0.25) is 0 Å². The summed E-state index contributed by atoms with van der Waals surface area (Å²) in [5.41, 5.74) is 0.854. The lowest BCUT2D eigenvalue weighted by Gasteiger charge is -2.16. The first-order valence-corrected chi connectivity index (χ1v) is 7.14. The van der Waals surface area contributed by atoms with Crippen LogP contribution in [0.15, 0.2) is 18.2 Å². The van der Waals surface area contributed by atoms with Crippen molar-refractivity contribution in [2.45, 2.75) is 25.9 Å². The van der Waals surface area contributed by atoms with Crippen LogP contribution in [0.4, 0.5) is 0 Å². The van der Waals surface area contributed by atoms with E-state index in [1.54, 1.807) is 6.07 Å². The molecular formula is C12H18ClNOS. The molecule has 2 N–H and O–H groups in total. The van der Waals surface area contributed by atoms with E-state index >= 15 is 0 Å². The Morgan fingerprint density at radius 3 is 2.88 bits per heavy atom. The lowest BCUT2D eigenvalue weighted by Crippen LogP contribution is -2.30. The van der Waals surface area contributed by atoms with Gasteiger partial charge in [-0.15, -0.1) is 0 Å². The monoisotopic (exact) mass is 259 g/mol. The Bertz CT molecular complexity index is 333. The SMILES string of the molecule is CCC(CSC)NCc1cccc(Cl)c1O. The zero-order chi connectivity index (χ0) is 12.0. The molecule has 4 heteroatoms. The molecule has 0 fully saturated rings. The number of aromatic hydroxyl groups is 1. The van der Waals surface area contributed by atoms with Crippen LogP contribution in [-0.2, 0) is 6.54 Å². The first-order valence-electron chi connectivity index (χ1n) is 5.37. The summed E-state index contributed by atoms with van der Waals surface area (Å²) in [7, 11) is 0. The Balaban J connectivity index is 2.56. The van der Waals surface area contributed by atoms with Crippen molar-refractivity contribution in [3.05, 3.63) is 28.8 Å². The molecule has 0 bridgehead atoms. The first kappa shape index (κ1) is 13.7. The summed E-state index contributed by atoms with van der Waals surface area (Å²) < 4.78 is 0. The zero-order valence-corrected chi connectivity index (χ0v) is 11.2. The number of hydrogen-bond acceptors (Lipinski definition) is 3. The van der Waals surface area contributed by atoms with E-state index in [9.17, 15) is 5.11 Å². The van der Waals surface area contributed by atoms with Crippen molar-refractivity contribution in [2.24, 2.45) is 0 Å². The quantitative estimate of drug-likeness (QED) is 0.822. The van der Waals surface area contributed by atoms with Gasteiger partial charge in [0.2, 0.25) is 0 Å². The Labute approximate surface area is 106 Å². The summed E-state index contributed by atoms with van der Waals surface area (Å²) in [6.45, 7) is 2.82. The number of phenols is 1. The van der Waals surface area contributed by atoms with Gasteiger partial charge >= 0.3 is 0 Å². The smallest absolute Gasteiger partial charge is 0.138 e. The van der Waals surface area contributed by atoms with Gasteiger partial charge in [0.25, 0.3) is 0 Å². The Morgan fingerprint density at radius 2 is 2.25 bits per heavy atom. The fraction of sp³-hybridized carbons (Fsp3) is 0.500. The molecule has 1 aromatic carbocycles. The molecule has 0 aliphatic carbocycles. The van der Waals surface area contributed by atoms with Crippen LogP contribution in [0.1, 0.15) is 18.9 Å². The molecule has 0 amide bonds. The maximum atomic E-state index is 9.74. The second-order valence-electron chi connectivity index (χ2n) is 3.69. The number of rotatable bonds is 6. The van der Waals surface area contributed by atoms with E-state index in [1.807, 2.05) is 23.9 Å². The number of para-hydroxylation sites is 1. The summed E-state index contributed by atoms with van der Waals surface area (Å²) in [5, 5.41) is 13.6. The van der Waals surface area contributed by atoms with Crippen LogP contribution in [0.25, 0.3) is 0 Å². The molecule has 0 saturated heterocycles. The van der Waals surface area contributed by atoms with Crippen LogP contribution in [0, 0.1) is 0 Å². The van der Waals surface area contributed by atoms with E-state index in [0.717, 1.165) is 17.7 Å². The summed E-state index contributed by atoms with van der Waals surface area (Å²) in [6.07, 6.45) is 3.18. The third kappa shape index (κ3) is 3.89. The third-order valence-corrected chi connectivity index (χ3v) is 3.55. The summed E-state index contributed by atoms with van der Waals surface area (Å²) >= 11 is 7.67. The molecule has 1 unspecified atom stereocenters. The minimum atomic E-state index is 0.190. The van der Waals surface area contributed by atoms with E-state index in [4.69, 9.17) is 11.6 Å². The van der Waals surface area contributed by atoms with Crippen molar-refractivity contribution in [3.8, 4) is 5.75 Å². The van der Waals surface area contributed by atoms with E-state index < -0.39 is 0 Å². The minimum Gasteiger partial charge on any atom is -0.506 e. The molecular weight excluding hydrogens is 242 g/mol. The molecule has 1 rings (SSSR count). The van der Waals surface area contributed by atoms with E-state index in [1.165, 1.54) is 0 Å². The predicted molar refractivity (Wildman–Crippen MR) is 72.4 cm³/mol. The molecule has 0 heterocycles. The number of phenolic OH excluding ortho intramolecular Hbond substituents is 1. The van der Waals surface area contributed by atoms with Gasteiger partial charge < -0.3 is 10.4 Å². The second kappa shape index (κ2) is 7.05. The van der Waals surface area contributed by atoms with Crippen LogP contribution >= 0.6 is 23.4 Å². The van der Waals surface area contributed by atoms with Gasteiger partial charge in [-0.25, -0.2) is 0 Å². The Morgan fingerprint density at radius 1 is 1.50 bits per heavy atom. The zero-order valence-electron chi connectivity index (χ0n) is 9.66. The van der Waals surface area contributed by atoms with Gasteiger partial charge in [0.15, 0.2) is 0 Å². The van der Waals surface area contributed by atoms with Crippen LogP contribution in [0.3, 0.4) is 0 Å². The number of halogens is 1. The minimum absolute atomic E-state index is 0.190. The summed E-state index contributed by atoms with van der Waals surface area (Å²) in [5.74, 6) is 1.27. The summed E-state index contributed by atoms with van der Waals surface area (Å²) in [6, 6.07) is 5.92. The molecule has 0 saturated carbocycles. The van der Waals surface area contributed by atoms with Crippen LogP contribution in [0.2, 0.25) is 5.02 Å². The van der Waals surface area contributed by atoms with Crippen molar-refractivity contribution in [3.63, 3.8) is 0 Å². The number of benzene rings is 1. The van der Waals surface area contributed by atoms with Crippen LogP contribution < -0.4 is 5.32 Å². The van der Waals surface area contributed by atoms with Crippen molar-refractivity contribution in [1.82, 2.24) is 5.32 Å². The van der Waals surface area contributed by atoms with Gasteiger partial charge in [0.1, 0.15) is 5.75 Å². The third-order valence-electron chi connectivity index (χ3n) is 2.51. The maximum Gasteiger partial charge on any atom is 0.138 e. The molecule has 2 nitrogen and oxygen atoms in total. The van der Waals surface area contributed by atoms with Gasteiger partial charge in [0, 0.05) is 23.9 Å². The number of hydrogen-bond donors (Lipinski definition) is 2. The van der Waals surface area contributed by atoms with Gasteiger partial charge in [0.05, 0.1) is 5.02 Å². The highest BCUT2D eigenvalue weighted by atomic mass is 35.5. The average Bonchev–Trinajstić information content (AvgIpc) is 2.29. The Hall–Kier alpha value is -0.380. The van der Waals surface area contributed by atoms with Gasteiger partial charge in [-0.2, -0.15) is 11.8 Å². The Kier molecular flexibility index (Phi) is 6.03. The first-order chi connectivity index (χ1) is 7.69. The fourth-order valence-electron chi connectivity index (χ4n) is 1.48. The highest BCUT2D eigenvalue weighted by Crippen LogP contribution is 2.26. The van der Waals surface area contributed by atoms with Crippen molar-refractivity contribution in [2.75, 3.05) is 12.0 Å². The van der Waals surface area contributed by atoms with Gasteiger partial charge in [-0.1, -0.05) is 30.7 Å². The molecule has 90 valence electrons. The largest absolute Gasteiger partial charge is 0.506 e. The molecule has 0 spiro atoms. The topological polar surface area (TPSA) is 32.3 Å². The number of thioether (sulfide) groups is 1. The maximum absolute atomic E-state index is 9.74. The molecule has 0 aliphatic rings. The fourth-order valence-corrected chi connectivity index (χ4v) is 2.43. The van der Waals surface area contributed by atoms with Crippen LogP contribution in [0.5, 0.6) is 5.75 Å². The highest BCUT2D eigenvalue weighted by Gasteiger charge is 2.08. The predicted octanol–water partition coefficient (Wildman–Crippen LogP) is 3.28. The van der Waals surface area contributed by atoms with Crippen LogP contribution in [-0.4, -0.2) is 23.2 Å². The van der Waals surface area contributed by atoms with E-state index in [0.29, 0.717) is 17.6 Å². The van der Waals surface area contributed by atoms with Gasteiger partial charge in [-0.05, 0) is 18.7 Å².